The Morgan fingerprint density at radius 1 is 1.33 bits per heavy atom. The lowest BCUT2D eigenvalue weighted by atomic mass is 10.2. The number of nitrogens with zero attached hydrogens (tertiary/aromatic N) is 2. The number of carbonyl (C=O) groups is 1. The maximum Gasteiger partial charge on any atom is 0.413 e. The van der Waals surface area contributed by atoms with Gasteiger partial charge in [-0.15, -0.1) is 0 Å². The van der Waals surface area contributed by atoms with Crippen LogP contribution in [-0.4, -0.2) is 21.5 Å². The van der Waals surface area contributed by atoms with Gasteiger partial charge in [-0.1, -0.05) is 0 Å². The lowest BCUT2D eigenvalue weighted by molar-refractivity contribution is 0.0635. The fourth-order valence-corrected chi connectivity index (χ4v) is 2.11. The van der Waals surface area contributed by atoms with Crippen molar-refractivity contribution in [3.8, 4) is 5.69 Å². The number of amides is 1. The fourth-order valence-electron chi connectivity index (χ4n) is 1.62. The van der Waals surface area contributed by atoms with Crippen LogP contribution in [0.4, 0.5) is 15.0 Å². The minimum absolute atomic E-state index is 0.331. The molecule has 2 rings (SSSR count). The standard InChI is InChI=1S/C14H15FIN3O2/c1-14(2,3)21-13(20)18-12-11(16)8-17-19(12)10-6-4-9(15)5-7-10/h4-8H,1-3H3,(H,18,20). The number of hydrogen-bond acceptors (Lipinski definition) is 3. The molecule has 0 spiro atoms. The highest BCUT2D eigenvalue weighted by molar-refractivity contribution is 14.1. The molecule has 5 nitrogen and oxygen atoms in total. The molecule has 1 N–H and O–H groups in total. The number of nitrogens with one attached hydrogen (secondary N) is 1. The van der Waals surface area contributed by atoms with E-state index in [-0.39, 0.29) is 5.82 Å². The molecular formula is C14H15FIN3O2. The van der Waals surface area contributed by atoms with Gasteiger partial charge in [-0.25, -0.2) is 13.9 Å². The van der Waals surface area contributed by atoms with Gasteiger partial charge in [-0.2, -0.15) is 5.10 Å². The fraction of sp³-hybridized carbons (Fsp3) is 0.286. The van der Waals surface area contributed by atoms with Gasteiger partial charge in [0.05, 0.1) is 15.5 Å². The topological polar surface area (TPSA) is 56.1 Å². The Hall–Kier alpha value is -1.64. The van der Waals surface area contributed by atoms with Crippen molar-refractivity contribution >= 4 is 34.5 Å². The van der Waals surface area contributed by atoms with E-state index >= 15 is 0 Å². The van der Waals surface area contributed by atoms with Gasteiger partial charge in [0.25, 0.3) is 0 Å². The predicted octanol–water partition coefficient (Wildman–Crippen LogP) is 3.96. The van der Waals surface area contributed by atoms with E-state index < -0.39 is 11.7 Å². The SMILES string of the molecule is CC(C)(C)OC(=O)Nc1c(I)cnn1-c1ccc(F)cc1. The normalized spacial score (nSPS) is 11.3. The van der Waals surface area contributed by atoms with E-state index in [4.69, 9.17) is 4.74 Å². The number of aromatic nitrogens is 2. The number of ether oxygens (including phenoxy) is 1. The molecule has 0 unspecified atom stereocenters. The maximum absolute atomic E-state index is 13.0. The van der Waals surface area contributed by atoms with E-state index in [2.05, 4.69) is 33.0 Å². The molecule has 1 aromatic carbocycles. The van der Waals surface area contributed by atoms with Crippen molar-refractivity contribution in [1.82, 2.24) is 9.78 Å². The summed E-state index contributed by atoms with van der Waals surface area (Å²) in [5.74, 6) is 0.152. The van der Waals surface area contributed by atoms with Crippen molar-refractivity contribution in [3.63, 3.8) is 0 Å². The molecule has 0 bridgehead atoms. The second-order valence-corrected chi connectivity index (χ2v) is 6.52. The molecular weight excluding hydrogens is 388 g/mol. The first kappa shape index (κ1) is 15.7. The van der Waals surface area contributed by atoms with Crippen molar-refractivity contribution in [2.45, 2.75) is 26.4 Å². The van der Waals surface area contributed by atoms with Crippen molar-refractivity contribution in [2.75, 3.05) is 5.32 Å². The number of halogens is 2. The summed E-state index contributed by atoms with van der Waals surface area (Å²) in [5.41, 5.74) is 0.0568. The zero-order valence-electron chi connectivity index (χ0n) is 11.9. The third kappa shape index (κ3) is 4.16. The van der Waals surface area contributed by atoms with Crippen LogP contribution in [-0.2, 0) is 4.74 Å². The van der Waals surface area contributed by atoms with Gasteiger partial charge in [-0.3, -0.25) is 5.32 Å². The minimum Gasteiger partial charge on any atom is -0.444 e. The third-order valence-corrected chi connectivity index (χ3v) is 3.20. The number of anilines is 1. The Kier molecular flexibility index (Phi) is 4.50. The average Bonchev–Trinajstić information content (AvgIpc) is 2.70. The number of hydrogen-bond donors (Lipinski definition) is 1. The van der Waals surface area contributed by atoms with E-state index in [1.54, 1.807) is 39.1 Å². The van der Waals surface area contributed by atoms with Crippen LogP contribution in [0.2, 0.25) is 0 Å². The van der Waals surface area contributed by atoms with E-state index in [9.17, 15) is 9.18 Å². The number of rotatable bonds is 2. The Labute approximate surface area is 135 Å². The van der Waals surface area contributed by atoms with Gasteiger partial charge in [0.15, 0.2) is 5.82 Å². The maximum atomic E-state index is 13.0. The van der Waals surface area contributed by atoms with Crippen LogP contribution in [0.15, 0.2) is 30.5 Å². The molecule has 1 aromatic heterocycles. The summed E-state index contributed by atoms with van der Waals surface area (Å²) >= 11 is 2.06. The molecule has 0 aliphatic carbocycles. The minimum atomic E-state index is -0.587. The second-order valence-electron chi connectivity index (χ2n) is 5.36. The van der Waals surface area contributed by atoms with Crippen molar-refractivity contribution in [2.24, 2.45) is 0 Å². The largest absolute Gasteiger partial charge is 0.444 e. The summed E-state index contributed by atoms with van der Waals surface area (Å²) in [7, 11) is 0. The number of benzene rings is 1. The molecule has 1 heterocycles. The summed E-state index contributed by atoms with van der Waals surface area (Å²) in [5, 5.41) is 6.85. The molecule has 0 aliphatic rings. The van der Waals surface area contributed by atoms with Crippen LogP contribution in [0.3, 0.4) is 0 Å². The molecule has 21 heavy (non-hydrogen) atoms. The van der Waals surface area contributed by atoms with E-state index in [1.807, 2.05) is 0 Å². The van der Waals surface area contributed by atoms with Crippen molar-refractivity contribution in [1.29, 1.82) is 0 Å². The molecule has 0 saturated heterocycles. The molecule has 0 aliphatic heterocycles. The van der Waals surface area contributed by atoms with Crippen LogP contribution in [0.1, 0.15) is 20.8 Å². The Morgan fingerprint density at radius 2 is 1.95 bits per heavy atom. The second kappa shape index (κ2) is 6.00. The molecule has 0 saturated carbocycles. The summed E-state index contributed by atoms with van der Waals surface area (Å²) in [4.78, 5) is 11.9. The Bertz CT molecular complexity index is 647. The first-order chi connectivity index (χ1) is 9.76. The van der Waals surface area contributed by atoms with E-state index in [0.717, 1.165) is 3.57 Å². The van der Waals surface area contributed by atoms with Crippen LogP contribution in [0, 0.1) is 9.39 Å². The highest BCUT2D eigenvalue weighted by Crippen LogP contribution is 2.22. The predicted molar refractivity (Wildman–Crippen MR) is 86.1 cm³/mol. The Morgan fingerprint density at radius 3 is 2.52 bits per heavy atom. The van der Waals surface area contributed by atoms with Gasteiger partial charge in [-0.05, 0) is 67.6 Å². The van der Waals surface area contributed by atoms with Crippen LogP contribution < -0.4 is 5.32 Å². The van der Waals surface area contributed by atoms with Gasteiger partial charge < -0.3 is 4.74 Å². The van der Waals surface area contributed by atoms with Gasteiger partial charge >= 0.3 is 6.09 Å². The highest BCUT2D eigenvalue weighted by Gasteiger charge is 2.19. The first-order valence-electron chi connectivity index (χ1n) is 6.26. The molecule has 7 heteroatoms. The summed E-state index contributed by atoms with van der Waals surface area (Å²) in [6, 6.07) is 5.83. The monoisotopic (exact) mass is 403 g/mol. The highest BCUT2D eigenvalue weighted by atomic mass is 127. The zero-order chi connectivity index (χ0) is 15.6. The molecule has 0 radical (unpaired) electrons. The first-order valence-corrected chi connectivity index (χ1v) is 7.33. The Balaban J connectivity index is 2.26. The van der Waals surface area contributed by atoms with Crippen molar-refractivity contribution in [3.05, 3.63) is 39.8 Å². The van der Waals surface area contributed by atoms with Crippen LogP contribution in [0.5, 0.6) is 0 Å². The molecule has 2 aromatic rings. The summed E-state index contributed by atoms with van der Waals surface area (Å²) < 4.78 is 20.5. The number of carbonyl (C=O) groups excluding carboxylic acids is 1. The van der Waals surface area contributed by atoms with Gasteiger partial charge in [0.1, 0.15) is 11.4 Å². The summed E-state index contributed by atoms with van der Waals surface area (Å²) in [6.45, 7) is 5.36. The van der Waals surface area contributed by atoms with Gasteiger partial charge in [0.2, 0.25) is 0 Å². The summed E-state index contributed by atoms with van der Waals surface area (Å²) in [6.07, 6.45) is 1.04. The van der Waals surface area contributed by atoms with Crippen LogP contribution in [0.25, 0.3) is 5.69 Å². The van der Waals surface area contributed by atoms with E-state index in [0.29, 0.717) is 11.5 Å². The lowest BCUT2D eigenvalue weighted by Gasteiger charge is -2.20. The van der Waals surface area contributed by atoms with Crippen molar-refractivity contribution < 1.29 is 13.9 Å². The molecule has 1 amide bonds. The van der Waals surface area contributed by atoms with Gasteiger partial charge in [0, 0.05) is 0 Å². The third-order valence-electron chi connectivity index (χ3n) is 2.42. The lowest BCUT2D eigenvalue weighted by Crippen LogP contribution is -2.28. The van der Waals surface area contributed by atoms with E-state index in [1.165, 1.54) is 16.8 Å². The smallest absolute Gasteiger partial charge is 0.413 e. The quantitative estimate of drug-likeness (QED) is 0.773. The average molecular weight is 403 g/mol. The van der Waals surface area contributed by atoms with Crippen LogP contribution >= 0.6 is 22.6 Å². The molecule has 112 valence electrons. The zero-order valence-corrected chi connectivity index (χ0v) is 14.0. The molecule has 0 fully saturated rings. The molecule has 0 atom stereocenters.